The van der Waals surface area contributed by atoms with Crippen LogP contribution in [0.5, 0.6) is 0 Å². The molecule has 0 heterocycles. The van der Waals surface area contributed by atoms with Gasteiger partial charge in [-0.3, -0.25) is 0 Å². The van der Waals surface area contributed by atoms with Gasteiger partial charge >= 0.3 is 5.97 Å². The Kier molecular flexibility index (Phi) is 3.39. The molecule has 0 unspecified atom stereocenters. The summed E-state index contributed by atoms with van der Waals surface area (Å²) in [6, 6.07) is 12.4. The van der Waals surface area contributed by atoms with Crippen molar-refractivity contribution in [2.75, 3.05) is 0 Å². The molecule has 0 aliphatic heterocycles. The van der Waals surface area contributed by atoms with Crippen LogP contribution in [0.1, 0.15) is 11.7 Å². The van der Waals surface area contributed by atoms with Crippen molar-refractivity contribution in [2.45, 2.75) is 6.10 Å². The maximum atomic E-state index is 13.3. The molecule has 0 radical (unpaired) electrons. The van der Waals surface area contributed by atoms with Gasteiger partial charge in [0.1, 0.15) is 5.82 Å². The van der Waals surface area contributed by atoms with Crippen molar-refractivity contribution in [1.82, 2.24) is 0 Å². The van der Waals surface area contributed by atoms with Crippen LogP contribution in [-0.4, -0.2) is 16.2 Å². The zero-order valence-corrected chi connectivity index (χ0v) is 9.38. The number of carbonyl (C=O) groups is 1. The van der Waals surface area contributed by atoms with E-state index in [4.69, 9.17) is 5.11 Å². The van der Waals surface area contributed by atoms with Crippen LogP contribution in [0.2, 0.25) is 0 Å². The number of carboxylic acids is 1. The fraction of sp³-hybridized carbons (Fsp3) is 0.0714. The van der Waals surface area contributed by atoms with E-state index in [2.05, 4.69) is 0 Å². The average Bonchev–Trinajstić information content (AvgIpc) is 2.39. The third kappa shape index (κ3) is 2.38. The Hall–Kier alpha value is -2.20. The predicted octanol–water partition coefficient (Wildman–Crippen LogP) is 2.61. The molecule has 1 atom stereocenters. The van der Waals surface area contributed by atoms with E-state index in [1.54, 1.807) is 30.3 Å². The van der Waals surface area contributed by atoms with Crippen LogP contribution in [0.15, 0.2) is 48.5 Å². The van der Waals surface area contributed by atoms with E-state index < -0.39 is 17.9 Å². The highest BCUT2D eigenvalue weighted by atomic mass is 19.1. The van der Waals surface area contributed by atoms with E-state index in [1.165, 1.54) is 12.1 Å². The molecule has 0 aromatic heterocycles. The van der Waals surface area contributed by atoms with Crippen LogP contribution in [0, 0.1) is 5.82 Å². The minimum atomic E-state index is -1.67. The standard InChI is InChI=1S/C14H11FO3/c15-10-6-7-11(13(16)14(17)18)12(8-10)9-4-2-1-3-5-9/h1-8,13,16H,(H,17,18)/t13-/m1/s1. The Bertz CT molecular complexity index is 567. The summed E-state index contributed by atoms with van der Waals surface area (Å²) in [6.45, 7) is 0. The van der Waals surface area contributed by atoms with E-state index in [0.717, 1.165) is 6.07 Å². The molecule has 2 aromatic rings. The van der Waals surface area contributed by atoms with Gasteiger partial charge < -0.3 is 10.2 Å². The van der Waals surface area contributed by atoms with Gasteiger partial charge in [-0.1, -0.05) is 36.4 Å². The largest absolute Gasteiger partial charge is 0.479 e. The lowest BCUT2D eigenvalue weighted by molar-refractivity contribution is -0.146. The summed E-state index contributed by atoms with van der Waals surface area (Å²) in [7, 11) is 0. The summed E-state index contributed by atoms with van der Waals surface area (Å²) in [5.41, 5.74) is 1.22. The number of aliphatic carboxylic acids is 1. The second-order valence-electron chi connectivity index (χ2n) is 3.84. The van der Waals surface area contributed by atoms with Crippen molar-refractivity contribution in [3.8, 4) is 11.1 Å². The molecule has 0 bridgehead atoms. The van der Waals surface area contributed by atoms with Gasteiger partial charge in [0.25, 0.3) is 0 Å². The van der Waals surface area contributed by atoms with Gasteiger partial charge in [-0.25, -0.2) is 9.18 Å². The minimum Gasteiger partial charge on any atom is -0.479 e. The Morgan fingerprint density at radius 1 is 1.11 bits per heavy atom. The Balaban J connectivity index is 2.58. The van der Waals surface area contributed by atoms with Crippen molar-refractivity contribution in [3.05, 3.63) is 59.9 Å². The van der Waals surface area contributed by atoms with E-state index in [-0.39, 0.29) is 5.56 Å². The van der Waals surface area contributed by atoms with Crippen molar-refractivity contribution >= 4 is 5.97 Å². The maximum absolute atomic E-state index is 13.3. The van der Waals surface area contributed by atoms with Crippen LogP contribution in [0.25, 0.3) is 11.1 Å². The van der Waals surface area contributed by atoms with Gasteiger partial charge in [0.05, 0.1) is 0 Å². The zero-order valence-electron chi connectivity index (χ0n) is 9.38. The molecule has 0 aliphatic carbocycles. The number of halogens is 1. The molecule has 0 spiro atoms. The van der Waals surface area contributed by atoms with Gasteiger partial charge in [0.15, 0.2) is 6.10 Å². The first kappa shape index (κ1) is 12.3. The zero-order chi connectivity index (χ0) is 13.1. The molecule has 0 fully saturated rings. The number of aliphatic hydroxyl groups is 1. The summed E-state index contributed by atoms with van der Waals surface area (Å²) in [6.07, 6.45) is -1.67. The lowest BCUT2D eigenvalue weighted by Gasteiger charge is -2.12. The van der Waals surface area contributed by atoms with E-state index in [0.29, 0.717) is 11.1 Å². The Morgan fingerprint density at radius 3 is 2.39 bits per heavy atom. The average molecular weight is 246 g/mol. The van der Waals surface area contributed by atoms with E-state index >= 15 is 0 Å². The maximum Gasteiger partial charge on any atom is 0.337 e. The summed E-state index contributed by atoms with van der Waals surface area (Å²) in [4.78, 5) is 10.8. The van der Waals surface area contributed by atoms with Crippen molar-refractivity contribution in [3.63, 3.8) is 0 Å². The molecule has 4 heteroatoms. The molecule has 2 N–H and O–H groups in total. The minimum absolute atomic E-state index is 0.176. The van der Waals surface area contributed by atoms with E-state index in [9.17, 15) is 14.3 Å². The number of aliphatic hydroxyl groups excluding tert-OH is 1. The summed E-state index contributed by atoms with van der Waals surface area (Å²) < 4.78 is 13.3. The van der Waals surface area contributed by atoms with Gasteiger partial charge in [0, 0.05) is 0 Å². The predicted molar refractivity (Wildman–Crippen MR) is 64.4 cm³/mol. The molecular weight excluding hydrogens is 235 g/mol. The smallest absolute Gasteiger partial charge is 0.337 e. The van der Waals surface area contributed by atoms with Gasteiger partial charge in [-0.05, 0) is 28.8 Å². The van der Waals surface area contributed by atoms with Crippen LogP contribution in [0.3, 0.4) is 0 Å². The molecule has 2 rings (SSSR count). The Morgan fingerprint density at radius 2 is 1.78 bits per heavy atom. The fourth-order valence-electron chi connectivity index (χ4n) is 1.77. The molecule has 2 aromatic carbocycles. The number of rotatable bonds is 3. The van der Waals surface area contributed by atoms with Crippen molar-refractivity contribution in [1.29, 1.82) is 0 Å². The lowest BCUT2D eigenvalue weighted by Crippen LogP contribution is -2.11. The van der Waals surface area contributed by atoms with E-state index in [1.807, 2.05) is 0 Å². The molecule has 3 nitrogen and oxygen atoms in total. The molecule has 18 heavy (non-hydrogen) atoms. The Labute approximate surface area is 103 Å². The number of hydrogen-bond acceptors (Lipinski definition) is 2. The van der Waals surface area contributed by atoms with Crippen LogP contribution >= 0.6 is 0 Å². The quantitative estimate of drug-likeness (QED) is 0.875. The van der Waals surface area contributed by atoms with Crippen molar-refractivity contribution in [2.24, 2.45) is 0 Å². The van der Waals surface area contributed by atoms with Crippen LogP contribution in [-0.2, 0) is 4.79 Å². The second-order valence-corrected chi connectivity index (χ2v) is 3.84. The SMILES string of the molecule is O=C(O)[C@H](O)c1ccc(F)cc1-c1ccccc1. The third-order valence-corrected chi connectivity index (χ3v) is 2.63. The molecule has 92 valence electrons. The highest BCUT2D eigenvalue weighted by Gasteiger charge is 2.20. The first-order valence-corrected chi connectivity index (χ1v) is 5.35. The van der Waals surface area contributed by atoms with Gasteiger partial charge in [-0.15, -0.1) is 0 Å². The number of hydrogen-bond donors (Lipinski definition) is 2. The van der Waals surface area contributed by atoms with Crippen LogP contribution < -0.4 is 0 Å². The molecular formula is C14H11FO3. The first-order valence-electron chi connectivity index (χ1n) is 5.35. The van der Waals surface area contributed by atoms with Crippen LogP contribution in [0.4, 0.5) is 4.39 Å². The highest BCUT2D eigenvalue weighted by Crippen LogP contribution is 2.29. The topological polar surface area (TPSA) is 57.5 Å². The normalized spacial score (nSPS) is 12.1. The molecule has 0 aliphatic rings. The third-order valence-electron chi connectivity index (χ3n) is 2.63. The summed E-state index contributed by atoms with van der Waals surface area (Å²) in [5.74, 6) is -1.84. The monoisotopic (exact) mass is 246 g/mol. The number of carboxylic acid groups (broad SMARTS) is 1. The second kappa shape index (κ2) is 4.98. The first-order chi connectivity index (χ1) is 8.59. The molecule has 0 amide bonds. The summed E-state index contributed by atoms with van der Waals surface area (Å²) in [5, 5.41) is 18.4. The van der Waals surface area contributed by atoms with Gasteiger partial charge in [-0.2, -0.15) is 0 Å². The highest BCUT2D eigenvalue weighted by molar-refractivity contribution is 5.79. The summed E-state index contributed by atoms with van der Waals surface area (Å²) >= 11 is 0. The lowest BCUT2D eigenvalue weighted by atomic mass is 9.96. The fourth-order valence-corrected chi connectivity index (χ4v) is 1.77. The van der Waals surface area contributed by atoms with Crippen molar-refractivity contribution < 1.29 is 19.4 Å². The van der Waals surface area contributed by atoms with Gasteiger partial charge in [0.2, 0.25) is 0 Å². The molecule has 0 saturated carbocycles. The number of benzene rings is 2. The molecule has 0 saturated heterocycles.